The zero-order valence-corrected chi connectivity index (χ0v) is 11.9. The van der Waals surface area contributed by atoms with E-state index < -0.39 is 6.10 Å². The Hall–Kier alpha value is -1.75. The van der Waals surface area contributed by atoms with E-state index in [1.54, 1.807) is 26.2 Å². The van der Waals surface area contributed by atoms with Gasteiger partial charge in [0.05, 0.1) is 13.2 Å². The highest BCUT2D eigenvalue weighted by molar-refractivity contribution is 5.80. The van der Waals surface area contributed by atoms with E-state index in [1.165, 1.54) is 0 Å². The van der Waals surface area contributed by atoms with Crippen molar-refractivity contribution >= 4 is 5.91 Å². The van der Waals surface area contributed by atoms with Crippen LogP contribution < -0.4 is 14.8 Å². The highest BCUT2D eigenvalue weighted by atomic mass is 16.5. The summed E-state index contributed by atoms with van der Waals surface area (Å²) < 4.78 is 16.2. The van der Waals surface area contributed by atoms with E-state index in [9.17, 15) is 4.79 Å². The third kappa shape index (κ3) is 4.13. The van der Waals surface area contributed by atoms with Gasteiger partial charge in [-0.1, -0.05) is 6.07 Å². The number of hydrogen-bond donors (Lipinski definition) is 1. The molecule has 1 aliphatic heterocycles. The van der Waals surface area contributed by atoms with Crippen LogP contribution in [0.25, 0.3) is 0 Å². The Morgan fingerprint density at radius 3 is 3.00 bits per heavy atom. The molecule has 1 heterocycles. The fourth-order valence-corrected chi connectivity index (χ4v) is 2.10. The van der Waals surface area contributed by atoms with Crippen LogP contribution in [0.15, 0.2) is 24.3 Å². The van der Waals surface area contributed by atoms with E-state index in [-0.39, 0.29) is 12.0 Å². The van der Waals surface area contributed by atoms with Crippen LogP contribution >= 0.6 is 0 Å². The van der Waals surface area contributed by atoms with Crippen molar-refractivity contribution < 1.29 is 19.0 Å². The van der Waals surface area contributed by atoms with Crippen molar-refractivity contribution in [3.63, 3.8) is 0 Å². The molecular weight excluding hydrogens is 258 g/mol. The Morgan fingerprint density at radius 2 is 2.30 bits per heavy atom. The van der Waals surface area contributed by atoms with Gasteiger partial charge in [-0.15, -0.1) is 0 Å². The first-order valence-corrected chi connectivity index (χ1v) is 6.89. The lowest BCUT2D eigenvalue weighted by Gasteiger charge is -2.16. The number of carbonyl (C=O) groups is 1. The van der Waals surface area contributed by atoms with Crippen molar-refractivity contribution in [2.45, 2.75) is 32.0 Å². The molecule has 20 heavy (non-hydrogen) atoms. The molecule has 0 unspecified atom stereocenters. The van der Waals surface area contributed by atoms with Gasteiger partial charge in [-0.05, 0) is 31.9 Å². The highest BCUT2D eigenvalue weighted by Gasteiger charge is 2.19. The van der Waals surface area contributed by atoms with Crippen molar-refractivity contribution in [3.8, 4) is 11.5 Å². The van der Waals surface area contributed by atoms with Crippen molar-refractivity contribution in [2.75, 3.05) is 20.3 Å². The van der Waals surface area contributed by atoms with Gasteiger partial charge in [-0.25, -0.2) is 0 Å². The molecule has 2 atom stereocenters. The molecular formula is C15H21NO4. The molecule has 0 spiro atoms. The smallest absolute Gasteiger partial charge is 0.260 e. The zero-order valence-electron chi connectivity index (χ0n) is 11.9. The summed E-state index contributed by atoms with van der Waals surface area (Å²) in [6.07, 6.45) is 1.66. The fraction of sp³-hybridized carbons (Fsp3) is 0.533. The summed E-state index contributed by atoms with van der Waals surface area (Å²) in [4.78, 5) is 11.9. The standard InChI is InChI=1S/C15H21NO4/c1-11(15(17)16-10-14-7-4-8-19-14)20-13-6-3-5-12(9-13)18-2/h3,5-6,9,11,14H,4,7-8,10H2,1-2H3,(H,16,17)/t11-,14-/m1/s1. The second kappa shape index (κ2) is 7.14. The number of amides is 1. The summed E-state index contributed by atoms with van der Waals surface area (Å²) in [5.74, 6) is 1.18. The average molecular weight is 279 g/mol. The van der Waals surface area contributed by atoms with E-state index in [0.29, 0.717) is 18.0 Å². The molecule has 0 aromatic heterocycles. The first-order chi connectivity index (χ1) is 9.69. The second-order valence-corrected chi connectivity index (χ2v) is 4.82. The number of nitrogens with one attached hydrogen (secondary N) is 1. The molecule has 110 valence electrons. The maximum Gasteiger partial charge on any atom is 0.260 e. The van der Waals surface area contributed by atoms with Gasteiger partial charge in [-0.3, -0.25) is 4.79 Å². The minimum atomic E-state index is -0.552. The molecule has 1 aromatic rings. The molecule has 1 amide bonds. The third-order valence-electron chi connectivity index (χ3n) is 3.25. The van der Waals surface area contributed by atoms with Gasteiger partial charge >= 0.3 is 0 Å². The zero-order chi connectivity index (χ0) is 14.4. The Kier molecular flexibility index (Phi) is 5.24. The molecule has 1 N–H and O–H groups in total. The molecule has 0 aliphatic carbocycles. The van der Waals surface area contributed by atoms with E-state index in [4.69, 9.17) is 14.2 Å². The molecule has 1 aliphatic rings. The van der Waals surface area contributed by atoms with Crippen LogP contribution in [-0.2, 0) is 9.53 Å². The first kappa shape index (κ1) is 14.7. The lowest BCUT2D eigenvalue weighted by atomic mass is 10.2. The van der Waals surface area contributed by atoms with Crippen molar-refractivity contribution in [3.05, 3.63) is 24.3 Å². The van der Waals surface area contributed by atoms with Crippen LogP contribution in [0, 0.1) is 0 Å². The summed E-state index contributed by atoms with van der Waals surface area (Å²) >= 11 is 0. The van der Waals surface area contributed by atoms with Crippen LogP contribution in [0.5, 0.6) is 11.5 Å². The Bertz CT molecular complexity index is 443. The van der Waals surface area contributed by atoms with Crippen molar-refractivity contribution in [1.29, 1.82) is 0 Å². The Morgan fingerprint density at radius 1 is 1.50 bits per heavy atom. The van der Waals surface area contributed by atoms with E-state index in [1.807, 2.05) is 12.1 Å². The quantitative estimate of drug-likeness (QED) is 0.862. The SMILES string of the molecule is COc1cccc(O[C@H](C)C(=O)NC[C@H]2CCCO2)c1. The maximum atomic E-state index is 11.9. The number of methoxy groups -OCH3 is 1. The number of hydrogen-bond acceptors (Lipinski definition) is 4. The van der Waals surface area contributed by atoms with Gasteiger partial charge in [0.25, 0.3) is 5.91 Å². The summed E-state index contributed by atoms with van der Waals surface area (Å²) in [5.41, 5.74) is 0. The lowest BCUT2D eigenvalue weighted by Crippen LogP contribution is -2.40. The summed E-state index contributed by atoms with van der Waals surface area (Å²) in [6.45, 7) is 3.06. The van der Waals surface area contributed by atoms with Gasteiger partial charge in [0.1, 0.15) is 11.5 Å². The molecule has 0 saturated carbocycles. The van der Waals surface area contributed by atoms with Crippen LogP contribution in [0.4, 0.5) is 0 Å². The third-order valence-corrected chi connectivity index (χ3v) is 3.25. The topological polar surface area (TPSA) is 56.8 Å². The molecule has 2 rings (SSSR count). The van der Waals surface area contributed by atoms with E-state index in [2.05, 4.69) is 5.32 Å². The fourth-order valence-electron chi connectivity index (χ4n) is 2.10. The van der Waals surface area contributed by atoms with Crippen molar-refractivity contribution in [2.24, 2.45) is 0 Å². The van der Waals surface area contributed by atoms with Gasteiger partial charge in [-0.2, -0.15) is 0 Å². The van der Waals surface area contributed by atoms with Crippen molar-refractivity contribution in [1.82, 2.24) is 5.32 Å². The minimum absolute atomic E-state index is 0.136. The minimum Gasteiger partial charge on any atom is -0.497 e. The van der Waals surface area contributed by atoms with Crippen LogP contribution in [0.1, 0.15) is 19.8 Å². The highest BCUT2D eigenvalue weighted by Crippen LogP contribution is 2.20. The Balaban J connectivity index is 1.80. The van der Waals surface area contributed by atoms with E-state index >= 15 is 0 Å². The molecule has 1 saturated heterocycles. The molecule has 5 heteroatoms. The number of ether oxygens (including phenoxy) is 3. The van der Waals surface area contributed by atoms with Gasteiger partial charge in [0.15, 0.2) is 6.10 Å². The number of benzene rings is 1. The maximum absolute atomic E-state index is 11.9. The second-order valence-electron chi connectivity index (χ2n) is 4.82. The molecule has 5 nitrogen and oxygen atoms in total. The van der Waals surface area contributed by atoms with Crippen LogP contribution in [-0.4, -0.2) is 38.4 Å². The van der Waals surface area contributed by atoms with Gasteiger partial charge < -0.3 is 19.5 Å². The number of rotatable bonds is 6. The summed E-state index contributed by atoms with van der Waals surface area (Å²) in [5, 5.41) is 2.85. The van der Waals surface area contributed by atoms with Crippen LogP contribution in [0.3, 0.4) is 0 Å². The molecule has 0 bridgehead atoms. The summed E-state index contributed by atoms with van der Waals surface area (Å²) in [6, 6.07) is 7.20. The Labute approximate surface area is 119 Å². The van der Waals surface area contributed by atoms with Crippen LogP contribution in [0.2, 0.25) is 0 Å². The summed E-state index contributed by atoms with van der Waals surface area (Å²) in [7, 11) is 1.59. The first-order valence-electron chi connectivity index (χ1n) is 6.89. The average Bonchev–Trinajstić information content (AvgIpc) is 2.98. The predicted molar refractivity (Wildman–Crippen MR) is 75.1 cm³/mol. The van der Waals surface area contributed by atoms with E-state index in [0.717, 1.165) is 19.4 Å². The predicted octanol–water partition coefficient (Wildman–Crippen LogP) is 1.76. The van der Waals surface area contributed by atoms with Gasteiger partial charge in [0, 0.05) is 19.2 Å². The number of carbonyl (C=O) groups excluding carboxylic acids is 1. The lowest BCUT2D eigenvalue weighted by molar-refractivity contribution is -0.127. The molecule has 0 radical (unpaired) electrons. The largest absolute Gasteiger partial charge is 0.497 e. The monoisotopic (exact) mass is 279 g/mol. The normalized spacial score (nSPS) is 19.4. The van der Waals surface area contributed by atoms with Gasteiger partial charge in [0.2, 0.25) is 0 Å². The molecule has 1 fully saturated rings. The molecule has 1 aromatic carbocycles.